The maximum atomic E-state index is 11.1. The van der Waals surface area contributed by atoms with E-state index >= 15 is 0 Å². The van der Waals surface area contributed by atoms with Gasteiger partial charge in [0.25, 0.3) is 0 Å². The third-order valence-corrected chi connectivity index (χ3v) is 4.15. The molecule has 2 unspecified atom stereocenters. The van der Waals surface area contributed by atoms with E-state index in [-0.39, 0.29) is 11.7 Å². The smallest absolute Gasteiger partial charge is 0.354 e. The summed E-state index contributed by atoms with van der Waals surface area (Å²) in [6.07, 6.45) is -0.119. The number of aliphatic hydroxyl groups excluding tert-OH is 1. The Balaban J connectivity index is 1.78. The van der Waals surface area contributed by atoms with E-state index in [0.717, 1.165) is 5.56 Å². The number of anilines is 1. The first-order chi connectivity index (χ1) is 11.6. The van der Waals surface area contributed by atoms with E-state index < -0.39 is 12.1 Å². The highest BCUT2D eigenvalue weighted by Crippen LogP contribution is 2.25. The third-order valence-electron chi connectivity index (χ3n) is 4.15. The van der Waals surface area contributed by atoms with Crippen LogP contribution in [0.5, 0.6) is 0 Å². The Bertz CT molecular complexity index is 692. The zero-order valence-electron chi connectivity index (χ0n) is 13.2. The second-order valence-corrected chi connectivity index (χ2v) is 5.77. The van der Waals surface area contributed by atoms with Crippen molar-refractivity contribution < 1.29 is 19.7 Å². The highest BCUT2D eigenvalue weighted by atomic mass is 16.5. The molecule has 126 valence electrons. The number of hydrogen-bond donors (Lipinski definition) is 2. The van der Waals surface area contributed by atoms with Crippen molar-refractivity contribution in [3.8, 4) is 0 Å². The van der Waals surface area contributed by atoms with Gasteiger partial charge in [-0.3, -0.25) is 0 Å². The lowest BCUT2D eigenvalue weighted by molar-refractivity contribution is 0.0668. The lowest BCUT2D eigenvalue weighted by Crippen LogP contribution is -2.46. The molecular weight excluding hydrogens is 308 g/mol. The van der Waals surface area contributed by atoms with E-state index in [1.165, 1.54) is 6.07 Å². The molecule has 1 saturated heterocycles. The minimum Gasteiger partial charge on any atom is -0.477 e. The Morgan fingerprint density at radius 3 is 2.79 bits per heavy atom. The fourth-order valence-electron chi connectivity index (χ4n) is 2.92. The minimum absolute atomic E-state index is 0.0151. The molecule has 6 nitrogen and oxygen atoms in total. The van der Waals surface area contributed by atoms with Crippen molar-refractivity contribution in [1.29, 1.82) is 0 Å². The minimum atomic E-state index is -1.05. The van der Waals surface area contributed by atoms with Crippen LogP contribution in [-0.4, -0.2) is 47.0 Å². The molecule has 0 amide bonds. The number of carbonyl (C=O) groups is 1. The van der Waals surface area contributed by atoms with E-state index in [1.807, 2.05) is 35.2 Å². The maximum absolute atomic E-state index is 11.1. The largest absolute Gasteiger partial charge is 0.477 e. The number of morpholine rings is 1. The van der Waals surface area contributed by atoms with E-state index in [4.69, 9.17) is 9.84 Å². The summed E-state index contributed by atoms with van der Waals surface area (Å²) < 4.78 is 5.55. The number of aromatic carboxylic acids is 1. The molecule has 0 radical (unpaired) electrons. The van der Waals surface area contributed by atoms with Gasteiger partial charge < -0.3 is 19.8 Å². The zero-order chi connectivity index (χ0) is 16.9. The first-order valence-corrected chi connectivity index (χ1v) is 7.93. The van der Waals surface area contributed by atoms with Crippen LogP contribution in [0.2, 0.25) is 0 Å². The molecule has 0 saturated carbocycles. The molecular formula is C18H20N2O4. The number of carboxylic acids is 1. The first kappa shape index (κ1) is 16.4. The molecule has 2 aromatic rings. The SMILES string of the molecule is O=C(O)c1cccc(N2CCOCC2CC(O)c2ccccc2)n1. The van der Waals surface area contributed by atoms with Crippen molar-refractivity contribution in [3.05, 3.63) is 59.8 Å². The lowest BCUT2D eigenvalue weighted by Gasteiger charge is -2.37. The van der Waals surface area contributed by atoms with Crippen LogP contribution in [-0.2, 0) is 4.74 Å². The highest BCUT2D eigenvalue weighted by molar-refractivity contribution is 5.85. The number of ether oxygens (including phenoxy) is 1. The van der Waals surface area contributed by atoms with Crippen LogP contribution in [0.1, 0.15) is 28.6 Å². The van der Waals surface area contributed by atoms with Crippen molar-refractivity contribution in [1.82, 2.24) is 4.98 Å². The molecule has 1 fully saturated rings. The average molecular weight is 328 g/mol. The Labute approximate surface area is 140 Å². The summed E-state index contributed by atoms with van der Waals surface area (Å²) in [4.78, 5) is 17.4. The number of carboxylic acid groups (broad SMARTS) is 1. The molecule has 1 aromatic heterocycles. The van der Waals surface area contributed by atoms with Gasteiger partial charge in [-0.05, 0) is 17.7 Å². The molecule has 0 bridgehead atoms. The van der Waals surface area contributed by atoms with Crippen molar-refractivity contribution in [2.24, 2.45) is 0 Å². The average Bonchev–Trinajstić information content (AvgIpc) is 2.63. The second-order valence-electron chi connectivity index (χ2n) is 5.77. The summed E-state index contributed by atoms with van der Waals surface area (Å²) in [5.41, 5.74) is 0.872. The monoisotopic (exact) mass is 328 g/mol. The number of rotatable bonds is 5. The van der Waals surface area contributed by atoms with Crippen molar-refractivity contribution in [3.63, 3.8) is 0 Å². The van der Waals surface area contributed by atoms with E-state index in [0.29, 0.717) is 32.0 Å². The predicted octanol–water partition coefficient (Wildman–Crippen LogP) is 2.11. The highest BCUT2D eigenvalue weighted by Gasteiger charge is 2.27. The normalized spacial score (nSPS) is 19.0. The standard InChI is InChI=1S/C18H20N2O4/c21-16(13-5-2-1-3-6-13)11-14-12-24-10-9-20(14)17-8-4-7-15(19-17)18(22)23/h1-8,14,16,21H,9-12H2,(H,22,23). The molecule has 0 spiro atoms. The summed E-state index contributed by atoms with van der Waals surface area (Å²) in [7, 11) is 0. The molecule has 2 N–H and O–H groups in total. The number of aliphatic hydroxyl groups is 1. The van der Waals surface area contributed by atoms with E-state index in [2.05, 4.69) is 4.98 Å². The quantitative estimate of drug-likeness (QED) is 0.875. The van der Waals surface area contributed by atoms with Crippen LogP contribution in [0.4, 0.5) is 5.82 Å². The topological polar surface area (TPSA) is 82.9 Å². The number of aromatic nitrogens is 1. The van der Waals surface area contributed by atoms with Crippen LogP contribution in [0.3, 0.4) is 0 Å². The molecule has 24 heavy (non-hydrogen) atoms. The maximum Gasteiger partial charge on any atom is 0.354 e. The van der Waals surface area contributed by atoms with Crippen LogP contribution in [0.25, 0.3) is 0 Å². The van der Waals surface area contributed by atoms with Gasteiger partial charge in [0.1, 0.15) is 5.82 Å². The first-order valence-electron chi connectivity index (χ1n) is 7.93. The predicted molar refractivity (Wildman–Crippen MR) is 89.2 cm³/mol. The van der Waals surface area contributed by atoms with E-state index in [9.17, 15) is 9.90 Å². The zero-order valence-corrected chi connectivity index (χ0v) is 13.2. The molecule has 2 heterocycles. The fraction of sp³-hybridized carbons (Fsp3) is 0.333. The molecule has 1 aliphatic heterocycles. The van der Waals surface area contributed by atoms with Gasteiger partial charge in [0.05, 0.1) is 25.4 Å². The van der Waals surface area contributed by atoms with Gasteiger partial charge in [-0.15, -0.1) is 0 Å². The van der Waals surface area contributed by atoms with Gasteiger partial charge in [0, 0.05) is 13.0 Å². The van der Waals surface area contributed by atoms with Gasteiger partial charge in [0.2, 0.25) is 0 Å². The van der Waals surface area contributed by atoms with Crippen molar-refractivity contribution in [2.75, 3.05) is 24.7 Å². The number of nitrogens with zero attached hydrogens (tertiary/aromatic N) is 2. The Morgan fingerprint density at radius 1 is 1.25 bits per heavy atom. The third kappa shape index (κ3) is 3.72. The summed E-state index contributed by atoms with van der Waals surface area (Å²) >= 11 is 0. The Hall–Kier alpha value is -2.44. The molecule has 1 aromatic carbocycles. The van der Waals surface area contributed by atoms with Crippen molar-refractivity contribution >= 4 is 11.8 Å². The van der Waals surface area contributed by atoms with Gasteiger partial charge in [0.15, 0.2) is 5.69 Å². The van der Waals surface area contributed by atoms with E-state index in [1.54, 1.807) is 12.1 Å². The molecule has 2 atom stereocenters. The van der Waals surface area contributed by atoms with Crippen LogP contribution >= 0.6 is 0 Å². The molecule has 6 heteroatoms. The second kappa shape index (κ2) is 7.42. The molecule has 0 aliphatic carbocycles. The summed E-state index contributed by atoms with van der Waals surface area (Å²) in [6, 6.07) is 14.4. The van der Waals surface area contributed by atoms with Gasteiger partial charge in [-0.2, -0.15) is 0 Å². The fourth-order valence-corrected chi connectivity index (χ4v) is 2.92. The number of hydrogen-bond acceptors (Lipinski definition) is 5. The summed E-state index contributed by atoms with van der Waals surface area (Å²) in [5, 5.41) is 19.6. The van der Waals surface area contributed by atoms with Crippen molar-refractivity contribution in [2.45, 2.75) is 18.6 Å². The molecule has 1 aliphatic rings. The van der Waals surface area contributed by atoms with Crippen LogP contribution in [0.15, 0.2) is 48.5 Å². The number of benzene rings is 1. The van der Waals surface area contributed by atoms with Gasteiger partial charge in [-0.1, -0.05) is 36.4 Å². The molecule has 3 rings (SSSR count). The lowest BCUT2D eigenvalue weighted by atomic mass is 10.0. The Kier molecular flexibility index (Phi) is 5.08. The van der Waals surface area contributed by atoms with Crippen LogP contribution < -0.4 is 4.90 Å². The van der Waals surface area contributed by atoms with Gasteiger partial charge in [-0.25, -0.2) is 9.78 Å². The van der Waals surface area contributed by atoms with Crippen LogP contribution in [0, 0.1) is 0 Å². The number of pyridine rings is 1. The summed E-state index contributed by atoms with van der Waals surface area (Å²) in [5.74, 6) is -0.450. The van der Waals surface area contributed by atoms with Gasteiger partial charge >= 0.3 is 5.97 Å². The Morgan fingerprint density at radius 2 is 2.04 bits per heavy atom. The summed E-state index contributed by atoms with van der Waals surface area (Å²) in [6.45, 7) is 1.64.